The minimum absolute atomic E-state index is 0.108. The number of amides is 1. The first kappa shape index (κ1) is 26.0. The second kappa shape index (κ2) is 10.5. The van der Waals surface area contributed by atoms with E-state index in [9.17, 15) is 30.8 Å². The van der Waals surface area contributed by atoms with Crippen LogP contribution in [-0.4, -0.2) is 28.9 Å². The second-order valence-corrected chi connectivity index (χ2v) is 10.1. The van der Waals surface area contributed by atoms with Gasteiger partial charge in [0.15, 0.2) is 11.6 Å². The Morgan fingerprint density at radius 2 is 1.68 bits per heavy atom. The van der Waals surface area contributed by atoms with Crippen molar-refractivity contribution in [1.82, 2.24) is 19.9 Å². The van der Waals surface area contributed by atoms with E-state index in [1.54, 1.807) is 18.5 Å². The van der Waals surface area contributed by atoms with Gasteiger partial charge in [-0.3, -0.25) is 9.78 Å². The van der Waals surface area contributed by atoms with E-state index in [2.05, 4.69) is 15.3 Å². The van der Waals surface area contributed by atoms with Crippen LogP contribution < -0.4 is 5.32 Å². The van der Waals surface area contributed by atoms with Gasteiger partial charge >= 0.3 is 0 Å². The van der Waals surface area contributed by atoms with Gasteiger partial charge in [-0.05, 0) is 53.9 Å². The van der Waals surface area contributed by atoms with Gasteiger partial charge in [-0.25, -0.2) is 31.0 Å². The molecule has 4 aromatic rings. The number of halogens is 4. The first-order valence-electron chi connectivity index (χ1n) is 10.9. The predicted molar refractivity (Wildman–Crippen MR) is 125 cm³/mol. The Hall–Kier alpha value is -4.06. The Balaban J connectivity index is 1.71. The topological polar surface area (TPSA) is 94.0 Å². The lowest BCUT2D eigenvalue weighted by Crippen LogP contribution is -2.27. The molecular weight excluding hydrogens is 512 g/mol. The fourth-order valence-corrected chi connectivity index (χ4v) is 5.12. The van der Waals surface area contributed by atoms with Gasteiger partial charge < -0.3 is 9.88 Å². The average Bonchev–Trinajstić information content (AvgIpc) is 3.29. The number of aromatic nitrogens is 3. The molecule has 0 saturated carbocycles. The Morgan fingerprint density at radius 1 is 0.973 bits per heavy atom. The molecule has 0 aliphatic heterocycles. The molecule has 0 bridgehead atoms. The van der Waals surface area contributed by atoms with Crippen LogP contribution in [0, 0.1) is 30.2 Å². The SMILES string of the molecule is Cc1cnccc1CNC(=O)c1cnc(S(=O)(=O)Cc2c(F)ccc(F)c2F)n1Cc1ccc(F)cc1. The predicted octanol–water partition coefficient (Wildman–Crippen LogP) is 4.10. The summed E-state index contributed by atoms with van der Waals surface area (Å²) in [5, 5.41) is 2.02. The van der Waals surface area contributed by atoms with Crippen molar-refractivity contribution in [2.24, 2.45) is 0 Å². The second-order valence-electron chi connectivity index (χ2n) is 8.20. The van der Waals surface area contributed by atoms with E-state index >= 15 is 0 Å². The standard InChI is InChI=1S/C25H20F4N4O3S/c1-15-10-30-9-8-17(15)11-31-24(34)22-12-32-25(33(22)13-16-2-4-18(26)5-3-16)37(35,36)14-19-20(27)6-7-21(28)23(19)29/h2-10,12H,11,13-14H2,1H3,(H,31,34). The van der Waals surface area contributed by atoms with Crippen LogP contribution in [0.1, 0.15) is 32.7 Å². The van der Waals surface area contributed by atoms with Crippen molar-refractivity contribution >= 4 is 15.7 Å². The van der Waals surface area contributed by atoms with Crippen LogP contribution >= 0.6 is 0 Å². The number of pyridine rings is 1. The summed E-state index contributed by atoms with van der Waals surface area (Å²) >= 11 is 0. The number of carbonyl (C=O) groups excluding carboxylic acids is 1. The minimum atomic E-state index is -4.58. The van der Waals surface area contributed by atoms with Gasteiger partial charge in [-0.1, -0.05) is 12.1 Å². The molecule has 0 saturated heterocycles. The van der Waals surface area contributed by atoms with Crippen LogP contribution in [0.4, 0.5) is 17.6 Å². The van der Waals surface area contributed by atoms with E-state index in [4.69, 9.17) is 0 Å². The molecule has 0 radical (unpaired) electrons. The quantitative estimate of drug-likeness (QED) is 0.273. The fourth-order valence-electron chi connectivity index (χ4n) is 3.64. The molecule has 12 heteroatoms. The lowest BCUT2D eigenvalue weighted by molar-refractivity contribution is 0.0941. The normalized spacial score (nSPS) is 11.5. The van der Waals surface area contributed by atoms with E-state index in [1.165, 1.54) is 12.1 Å². The number of carbonyl (C=O) groups is 1. The van der Waals surface area contributed by atoms with Crippen LogP contribution in [0.25, 0.3) is 0 Å². The summed E-state index contributed by atoms with van der Waals surface area (Å²) in [6, 6.07) is 7.97. The maximum absolute atomic E-state index is 14.2. The zero-order chi connectivity index (χ0) is 26.7. The van der Waals surface area contributed by atoms with Crippen molar-refractivity contribution in [3.63, 3.8) is 0 Å². The number of imidazole rings is 1. The maximum atomic E-state index is 14.2. The Labute approximate surface area is 209 Å². The summed E-state index contributed by atoms with van der Waals surface area (Å²) in [5.41, 5.74) is 0.881. The lowest BCUT2D eigenvalue weighted by Gasteiger charge is -2.14. The van der Waals surface area contributed by atoms with Gasteiger partial charge in [-0.2, -0.15) is 0 Å². The van der Waals surface area contributed by atoms with Gasteiger partial charge in [0.25, 0.3) is 5.91 Å². The third-order valence-electron chi connectivity index (χ3n) is 5.63. The molecule has 1 N–H and O–H groups in total. The monoisotopic (exact) mass is 532 g/mol. The zero-order valence-corrected chi connectivity index (χ0v) is 20.2. The molecule has 192 valence electrons. The van der Waals surface area contributed by atoms with E-state index in [1.807, 2.05) is 6.92 Å². The number of nitrogens with zero attached hydrogens (tertiary/aromatic N) is 3. The highest BCUT2D eigenvalue weighted by molar-refractivity contribution is 7.90. The summed E-state index contributed by atoms with van der Waals surface area (Å²) in [7, 11) is -4.58. The number of nitrogens with one attached hydrogen (secondary N) is 1. The molecule has 2 heterocycles. The molecule has 4 rings (SSSR count). The summed E-state index contributed by atoms with van der Waals surface area (Å²) in [5.74, 6) is -6.72. The highest BCUT2D eigenvalue weighted by atomic mass is 32.2. The van der Waals surface area contributed by atoms with Gasteiger partial charge in [0.05, 0.1) is 18.5 Å². The Kier molecular flexibility index (Phi) is 7.39. The van der Waals surface area contributed by atoms with Gasteiger partial charge in [-0.15, -0.1) is 0 Å². The summed E-state index contributed by atoms with van der Waals surface area (Å²) < 4.78 is 82.9. The van der Waals surface area contributed by atoms with Crippen molar-refractivity contribution in [1.29, 1.82) is 0 Å². The molecule has 1 amide bonds. The van der Waals surface area contributed by atoms with Crippen molar-refractivity contribution in [2.45, 2.75) is 30.9 Å². The van der Waals surface area contributed by atoms with Crippen molar-refractivity contribution in [2.75, 3.05) is 0 Å². The number of sulfone groups is 1. The van der Waals surface area contributed by atoms with Crippen molar-refractivity contribution in [3.8, 4) is 0 Å². The molecule has 0 fully saturated rings. The number of rotatable bonds is 8. The molecular formula is C25H20F4N4O3S. The largest absolute Gasteiger partial charge is 0.347 e. The number of benzene rings is 2. The van der Waals surface area contributed by atoms with Crippen LogP contribution in [0.15, 0.2) is 66.2 Å². The van der Waals surface area contributed by atoms with Gasteiger partial charge in [0, 0.05) is 24.5 Å². The number of aryl methyl sites for hydroxylation is 1. The Bertz CT molecular complexity index is 1570. The molecule has 37 heavy (non-hydrogen) atoms. The van der Waals surface area contributed by atoms with Crippen LogP contribution in [-0.2, 0) is 28.7 Å². The summed E-state index contributed by atoms with van der Waals surface area (Å²) in [6.07, 6.45) is 4.20. The van der Waals surface area contributed by atoms with Crippen molar-refractivity contribution in [3.05, 3.63) is 112 Å². The zero-order valence-electron chi connectivity index (χ0n) is 19.4. The molecule has 0 spiro atoms. The van der Waals surface area contributed by atoms with Crippen molar-refractivity contribution < 1.29 is 30.8 Å². The molecule has 7 nitrogen and oxygen atoms in total. The maximum Gasteiger partial charge on any atom is 0.269 e. The van der Waals surface area contributed by atoms with E-state index in [0.717, 1.165) is 34.0 Å². The molecule has 0 aliphatic carbocycles. The minimum Gasteiger partial charge on any atom is -0.347 e. The average molecular weight is 533 g/mol. The third-order valence-corrected chi connectivity index (χ3v) is 7.18. The smallest absolute Gasteiger partial charge is 0.269 e. The molecule has 2 aromatic carbocycles. The van der Waals surface area contributed by atoms with E-state index < -0.39 is 55.5 Å². The van der Waals surface area contributed by atoms with E-state index in [-0.39, 0.29) is 18.8 Å². The molecule has 0 aliphatic rings. The molecule has 2 aromatic heterocycles. The first-order chi connectivity index (χ1) is 17.6. The first-order valence-corrected chi connectivity index (χ1v) is 12.5. The van der Waals surface area contributed by atoms with E-state index in [0.29, 0.717) is 17.7 Å². The third kappa shape index (κ3) is 5.69. The number of hydrogen-bond acceptors (Lipinski definition) is 5. The van der Waals surface area contributed by atoms with Gasteiger partial charge in [0.1, 0.15) is 17.3 Å². The molecule has 0 atom stereocenters. The summed E-state index contributed by atoms with van der Waals surface area (Å²) in [6.45, 7) is 1.69. The van der Waals surface area contributed by atoms with Crippen LogP contribution in [0.3, 0.4) is 0 Å². The lowest BCUT2D eigenvalue weighted by atomic mass is 10.1. The Morgan fingerprint density at radius 3 is 2.38 bits per heavy atom. The molecule has 0 unspecified atom stereocenters. The van der Waals surface area contributed by atoms with Crippen LogP contribution in [0.2, 0.25) is 0 Å². The van der Waals surface area contributed by atoms with Gasteiger partial charge in [0.2, 0.25) is 15.0 Å². The fraction of sp³-hybridized carbons (Fsp3) is 0.160. The van der Waals surface area contributed by atoms with Crippen LogP contribution in [0.5, 0.6) is 0 Å². The summed E-state index contributed by atoms with van der Waals surface area (Å²) in [4.78, 5) is 20.9. The highest BCUT2D eigenvalue weighted by Gasteiger charge is 2.29. The number of hydrogen-bond donors (Lipinski definition) is 1. The highest BCUT2D eigenvalue weighted by Crippen LogP contribution is 2.24.